The van der Waals surface area contributed by atoms with Gasteiger partial charge in [-0.15, -0.1) is 0 Å². The predicted octanol–water partition coefficient (Wildman–Crippen LogP) is 0.216. The zero-order valence-electron chi connectivity index (χ0n) is 18.9. The molecule has 2 saturated heterocycles. The van der Waals surface area contributed by atoms with Crippen molar-refractivity contribution in [2.45, 2.75) is 37.0 Å². The fraction of sp³-hybridized carbons (Fsp3) is 0.667. The van der Waals surface area contributed by atoms with Gasteiger partial charge in [-0.2, -0.15) is 9.97 Å². The molecule has 2 aromatic heterocycles. The third kappa shape index (κ3) is 6.22. The molecule has 0 amide bonds. The maximum Gasteiger partial charge on any atom is 0.510 e. The van der Waals surface area contributed by atoms with Gasteiger partial charge in [0.2, 0.25) is 12.1 Å². The number of carbonyl (C=O) groups excluding carboxylic acids is 1. The number of anilines is 1. The van der Waals surface area contributed by atoms with Gasteiger partial charge in [-0.1, -0.05) is 0 Å². The van der Waals surface area contributed by atoms with Crippen LogP contribution in [0.4, 0.5) is 10.6 Å². The molecule has 2 aliphatic rings. The standard InChI is InChI=1S/C18H25ClN5O11P/c1-30-18(27)33-7-34-36(28,29)8-32-5-10-12(25)13(26)16(35-10)24-6-20-11-14(21-9-2-3-31-4-9)22-17(19)23-15(11)24/h6,9-10,12-13,16,25-26H,2-5,7-8H2,1H3,(H,28,29)(H,21,22,23)/t9-,10+,12+,13+,16+/m0/s1. The van der Waals surface area contributed by atoms with E-state index in [1.807, 2.05) is 0 Å². The van der Waals surface area contributed by atoms with Crippen molar-refractivity contribution in [1.82, 2.24) is 19.5 Å². The van der Waals surface area contributed by atoms with E-state index in [-0.39, 0.29) is 23.6 Å². The first-order valence-corrected chi connectivity index (χ1v) is 12.8. The highest BCUT2D eigenvalue weighted by atomic mass is 35.5. The Bertz CT molecular complexity index is 1120. The Balaban J connectivity index is 1.39. The number of imidazole rings is 1. The number of aromatic nitrogens is 4. The topological polar surface area (TPSA) is 206 Å². The van der Waals surface area contributed by atoms with Gasteiger partial charge in [-0.05, 0) is 18.0 Å². The van der Waals surface area contributed by atoms with E-state index < -0.39 is 51.4 Å². The maximum absolute atomic E-state index is 12.0. The van der Waals surface area contributed by atoms with Gasteiger partial charge in [-0.3, -0.25) is 13.7 Å². The molecule has 0 aliphatic carbocycles. The van der Waals surface area contributed by atoms with Crippen molar-refractivity contribution in [3.63, 3.8) is 0 Å². The average molecular weight is 554 g/mol. The molecule has 0 saturated carbocycles. The van der Waals surface area contributed by atoms with Crippen molar-refractivity contribution in [2.75, 3.05) is 45.4 Å². The van der Waals surface area contributed by atoms with Gasteiger partial charge in [0.05, 0.1) is 32.7 Å². The van der Waals surface area contributed by atoms with Gasteiger partial charge >= 0.3 is 13.8 Å². The molecular formula is C18H25ClN5O11P. The first kappa shape index (κ1) is 26.9. The lowest BCUT2D eigenvalue weighted by Gasteiger charge is -2.17. The van der Waals surface area contributed by atoms with E-state index in [1.54, 1.807) is 0 Å². The van der Waals surface area contributed by atoms with Crippen LogP contribution in [0, 0.1) is 0 Å². The molecule has 1 unspecified atom stereocenters. The molecule has 0 radical (unpaired) electrons. The highest BCUT2D eigenvalue weighted by molar-refractivity contribution is 7.52. The summed E-state index contributed by atoms with van der Waals surface area (Å²) in [6.45, 7) is -0.0594. The second-order valence-corrected chi connectivity index (χ2v) is 10.0. The fourth-order valence-electron chi connectivity index (χ4n) is 3.65. The molecule has 200 valence electrons. The summed E-state index contributed by atoms with van der Waals surface area (Å²) in [5, 5.41) is 24.2. The largest absolute Gasteiger partial charge is 0.510 e. The number of hydrogen-bond acceptors (Lipinski definition) is 14. The molecule has 2 aromatic rings. The highest BCUT2D eigenvalue weighted by Gasteiger charge is 2.44. The molecule has 0 bridgehead atoms. The quantitative estimate of drug-likeness (QED) is 0.134. The number of fused-ring (bicyclic) bond motifs is 1. The lowest BCUT2D eigenvalue weighted by molar-refractivity contribution is -0.0624. The summed E-state index contributed by atoms with van der Waals surface area (Å²) < 4.78 is 42.8. The van der Waals surface area contributed by atoms with Gasteiger partial charge in [0.15, 0.2) is 23.2 Å². The molecule has 2 aliphatic heterocycles. The van der Waals surface area contributed by atoms with Crippen LogP contribution in [0.15, 0.2) is 6.33 Å². The Hall–Kier alpha value is -2.14. The zero-order valence-corrected chi connectivity index (χ0v) is 20.6. The van der Waals surface area contributed by atoms with Crippen molar-refractivity contribution >= 4 is 42.3 Å². The van der Waals surface area contributed by atoms with Gasteiger partial charge in [0, 0.05) is 6.61 Å². The molecule has 2 fully saturated rings. The second-order valence-electron chi connectivity index (χ2n) is 7.90. The molecule has 0 aromatic carbocycles. The van der Waals surface area contributed by atoms with E-state index >= 15 is 0 Å². The number of carbonyl (C=O) groups is 1. The van der Waals surface area contributed by atoms with E-state index in [1.165, 1.54) is 10.9 Å². The van der Waals surface area contributed by atoms with Crippen molar-refractivity contribution in [3.8, 4) is 0 Å². The van der Waals surface area contributed by atoms with Crippen LogP contribution in [-0.4, -0.2) is 105 Å². The second kappa shape index (κ2) is 11.5. The predicted molar refractivity (Wildman–Crippen MR) is 119 cm³/mol. The van der Waals surface area contributed by atoms with Gasteiger partial charge in [0.25, 0.3) is 0 Å². The maximum atomic E-state index is 12.0. The monoisotopic (exact) mass is 553 g/mol. The van der Waals surface area contributed by atoms with E-state index in [9.17, 15) is 24.5 Å². The molecule has 36 heavy (non-hydrogen) atoms. The molecule has 18 heteroatoms. The van der Waals surface area contributed by atoms with Crippen LogP contribution in [-0.2, 0) is 32.8 Å². The van der Waals surface area contributed by atoms with E-state index in [0.29, 0.717) is 24.5 Å². The van der Waals surface area contributed by atoms with E-state index in [0.717, 1.165) is 13.5 Å². The zero-order chi connectivity index (χ0) is 25.9. The van der Waals surface area contributed by atoms with Crippen LogP contribution < -0.4 is 5.32 Å². The average Bonchev–Trinajstić information content (AvgIpc) is 3.55. The number of hydrogen-bond donors (Lipinski definition) is 4. The highest BCUT2D eigenvalue weighted by Crippen LogP contribution is 2.42. The minimum absolute atomic E-state index is 0.0273. The number of methoxy groups -OCH3 is 1. The molecule has 4 N–H and O–H groups in total. The molecule has 4 heterocycles. The van der Waals surface area contributed by atoms with E-state index in [2.05, 4.69) is 34.3 Å². The molecule has 6 atom stereocenters. The Morgan fingerprint density at radius 2 is 2.17 bits per heavy atom. The summed E-state index contributed by atoms with van der Waals surface area (Å²) in [6.07, 6.45) is -4.72. The normalized spacial score (nSPS) is 27.8. The van der Waals surface area contributed by atoms with E-state index in [4.69, 9.17) is 25.8 Å². The van der Waals surface area contributed by atoms with Crippen molar-refractivity contribution in [2.24, 2.45) is 0 Å². The number of rotatable bonds is 10. The van der Waals surface area contributed by atoms with Gasteiger partial charge < -0.3 is 44.1 Å². The summed E-state index contributed by atoms with van der Waals surface area (Å²) in [5.41, 5.74) is 0.636. The Kier molecular flexibility index (Phi) is 8.59. The summed E-state index contributed by atoms with van der Waals surface area (Å²) in [4.78, 5) is 33.3. The summed E-state index contributed by atoms with van der Waals surface area (Å²) in [5.74, 6) is 0.391. The van der Waals surface area contributed by atoms with Gasteiger partial charge in [0.1, 0.15) is 24.7 Å². The summed E-state index contributed by atoms with van der Waals surface area (Å²) >= 11 is 6.11. The first-order valence-electron chi connectivity index (χ1n) is 10.7. The SMILES string of the molecule is COC(=O)OCOP(=O)(O)COC[C@H]1O[C@@H](n2cnc3c(N[C@H]4CCOC4)nc(Cl)nc32)[C@H](O)[C@@H]1O. The fourth-order valence-corrected chi connectivity index (χ4v) is 4.45. The molecule has 0 spiro atoms. The Labute approximate surface area is 208 Å². The van der Waals surface area contributed by atoms with Crippen LogP contribution in [0.3, 0.4) is 0 Å². The lowest BCUT2D eigenvalue weighted by Crippen LogP contribution is -2.34. The third-order valence-electron chi connectivity index (χ3n) is 5.41. The number of aliphatic hydroxyl groups is 2. The third-order valence-corrected chi connectivity index (χ3v) is 6.60. The van der Waals surface area contributed by atoms with Crippen LogP contribution in [0.2, 0.25) is 5.28 Å². The Morgan fingerprint density at radius 1 is 1.36 bits per heavy atom. The number of halogens is 1. The minimum atomic E-state index is -4.29. The summed E-state index contributed by atoms with van der Waals surface area (Å²) in [7, 11) is -3.22. The molecular weight excluding hydrogens is 529 g/mol. The molecule has 4 rings (SSSR count). The minimum Gasteiger partial charge on any atom is -0.438 e. The Morgan fingerprint density at radius 3 is 2.89 bits per heavy atom. The van der Waals surface area contributed by atoms with Crippen molar-refractivity contribution in [1.29, 1.82) is 0 Å². The number of ether oxygens (including phenoxy) is 5. The van der Waals surface area contributed by atoms with Crippen LogP contribution in [0.5, 0.6) is 0 Å². The van der Waals surface area contributed by atoms with Crippen molar-refractivity contribution < 1.29 is 52.7 Å². The smallest absolute Gasteiger partial charge is 0.438 e. The number of nitrogens with zero attached hydrogens (tertiary/aromatic N) is 4. The van der Waals surface area contributed by atoms with Crippen LogP contribution in [0.25, 0.3) is 11.2 Å². The van der Waals surface area contributed by atoms with Crippen molar-refractivity contribution in [3.05, 3.63) is 11.6 Å². The molecule has 16 nitrogen and oxygen atoms in total. The van der Waals surface area contributed by atoms with Crippen LogP contribution >= 0.6 is 19.2 Å². The van der Waals surface area contributed by atoms with Crippen LogP contribution in [0.1, 0.15) is 12.6 Å². The number of aliphatic hydroxyl groups excluding tert-OH is 2. The first-order chi connectivity index (χ1) is 17.2. The number of nitrogens with one attached hydrogen (secondary N) is 1. The van der Waals surface area contributed by atoms with Gasteiger partial charge in [-0.25, -0.2) is 9.78 Å². The lowest BCUT2D eigenvalue weighted by atomic mass is 10.1. The summed E-state index contributed by atoms with van der Waals surface area (Å²) in [6, 6.07) is 0.0273.